The zero-order chi connectivity index (χ0) is 21.8. The number of aliphatic hydroxyl groups excluding tert-OH is 1. The molecular weight excluding hydrogens is 394 g/mol. The minimum Gasteiger partial charge on any atom is -0.506 e. The summed E-state index contributed by atoms with van der Waals surface area (Å²) >= 11 is 0. The minimum absolute atomic E-state index is 0.0139. The molecule has 7 nitrogen and oxygen atoms in total. The first kappa shape index (κ1) is 21.1. The molecule has 1 aliphatic carbocycles. The number of amides is 1. The summed E-state index contributed by atoms with van der Waals surface area (Å²) in [5, 5.41) is 27.4. The average molecular weight is 421 g/mol. The van der Waals surface area contributed by atoms with Gasteiger partial charge in [-0.25, -0.2) is 0 Å². The van der Waals surface area contributed by atoms with E-state index in [1.54, 1.807) is 12.1 Å². The second-order valence-corrected chi connectivity index (χ2v) is 8.05. The predicted molar refractivity (Wildman–Crippen MR) is 119 cm³/mol. The highest BCUT2D eigenvalue weighted by molar-refractivity contribution is 5.94. The van der Waals surface area contributed by atoms with Crippen LogP contribution in [0.25, 0.3) is 10.9 Å². The molecule has 7 heteroatoms. The molecule has 1 saturated carbocycles. The lowest BCUT2D eigenvalue weighted by Crippen LogP contribution is -2.39. The number of aromatic hydroxyl groups is 1. The van der Waals surface area contributed by atoms with Crippen molar-refractivity contribution in [1.29, 1.82) is 0 Å². The van der Waals surface area contributed by atoms with Crippen LogP contribution in [-0.4, -0.2) is 40.2 Å². The van der Waals surface area contributed by atoms with Crippen molar-refractivity contribution in [2.45, 2.75) is 37.8 Å². The molecule has 1 aliphatic rings. The highest BCUT2D eigenvalue weighted by Crippen LogP contribution is 2.28. The van der Waals surface area contributed by atoms with Gasteiger partial charge in [-0.3, -0.25) is 9.59 Å². The summed E-state index contributed by atoms with van der Waals surface area (Å²) < 4.78 is 0. The van der Waals surface area contributed by atoms with Crippen molar-refractivity contribution < 1.29 is 15.0 Å². The van der Waals surface area contributed by atoms with E-state index in [0.29, 0.717) is 41.2 Å². The van der Waals surface area contributed by atoms with E-state index in [2.05, 4.69) is 15.6 Å². The molecule has 1 amide bonds. The number of carbonyl (C=O) groups is 1. The van der Waals surface area contributed by atoms with E-state index in [1.165, 1.54) is 18.6 Å². The Balaban J connectivity index is 1.29. The second-order valence-electron chi connectivity index (χ2n) is 8.05. The van der Waals surface area contributed by atoms with Crippen LogP contribution in [0.3, 0.4) is 0 Å². The van der Waals surface area contributed by atoms with E-state index in [9.17, 15) is 19.8 Å². The molecule has 1 atom stereocenters. The third-order valence-electron chi connectivity index (χ3n) is 5.85. The van der Waals surface area contributed by atoms with Crippen LogP contribution in [0, 0.1) is 0 Å². The van der Waals surface area contributed by atoms with Crippen molar-refractivity contribution in [2.24, 2.45) is 0 Å². The number of hydrogen-bond donors (Lipinski definition) is 5. The number of pyridine rings is 1. The maximum absolute atomic E-state index is 12.2. The number of phenolic OH excluding ortho intramolecular Hbond substituents is 1. The predicted octanol–water partition coefficient (Wildman–Crippen LogP) is 2.38. The van der Waals surface area contributed by atoms with Gasteiger partial charge < -0.3 is 25.8 Å². The van der Waals surface area contributed by atoms with Crippen LogP contribution >= 0.6 is 0 Å². The molecule has 3 aromatic rings. The monoisotopic (exact) mass is 421 g/mol. The van der Waals surface area contributed by atoms with Gasteiger partial charge in [-0.1, -0.05) is 18.2 Å². The lowest BCUT2D eigenvalue weighted by atomic mass is 9.93. The van der Waals surface area contributed by atoms with Crippen molar-refractivity contribution in [3.05, 3.63) is 75.6 Å². The first-order valence-corrected chi connectivity index (χ1v) is 10.6. The Morgan fingerprint density at radius 1 is 1.10 bits per heavy atom. The zero-order valence-electron chi connectivity index (χ0n) is 17.2. The molecule has 0 unspecified atom stereocenters. The Labute approximate surface area is 180 Å². The van der Waals surface area contributed by atoms with Crippen molar-refractivity contribution in [3.63, 3.8) is 0 Å². The molecule has 0 aliphatic heterocycles. The Hall–Kier alpha value is -3.16. The van der Waals surface area contributed by atoms with Crippen LogP contribution in [0.1, 0.15) is 46.9 Å². The molecule has 2 aromatic carbocycles. The van der Waals surface area contributed by atoms with Crippen LogP contribution in [0.4, 0.5) is 0 Å². The number of nitrogens with one attached hydrogen (secondary N) is 3. The summed E-state index contributed by atoms with van der Waals surface area (Å²) in [5.74, 6) is -0.0404. The van der Waals surface area contributed by atoms with E-state index in [4.69, 9.17) is 0 Å². The van der Waals surface area contributed by atoms with Gasteiger partial charge >= 0.3 is 0 Å². The van der Waals surface area contributed by atoms with Crippen LogP contribution in [0.15, 0.2) is 53.3 Å². The van der Waals surface area contributed by atoms with Crippen LogP contribution in [-0.2, 0) is 6.42 Å². The summed E-state index contributed by atoms with van der Waals surface area (Å²) in [4.78, 5) is 26.3. The fourth-order valence-corrected chi connectivity index (χ4v) is 3.78. The largest absolute Gasteiger partial charge is 0.506 e. The van der Waals surface area contributed by atoms with E-state index in [0.717, 1.165) is 24.8 Å². The van der Waals surface area contributed by atoms with Gasteiger partial charge in [0.15, 0.2) is 0 Å². The van der Waals surface area contributed by atoms with Gasteiger partial charge in [-0.05, 0) is 67.6 Å². The van der Waals surface area contributed by atoms with Crippen molar-refractivity contribution >= 4 is 16.8 Å². The summed E-state index contributed by atoms with van der Waals surface area (Å²) in [6.45, 7) is 0.998. The number of carbonyl (C=O) groups excluding carboxylic acids is 1. The van der Waals surface area contributed by atoms with Crippen LogP contribution in [0.5, 0.6) is 5.75 Å². The molecule has 1 heterocycles. The zero-order valence-corrected chi connectivity index (χ0v) is 17.2. The number of phenols is 1. The number of H-pyrrole nitrogens is 1. The molecule has 5 N–H and O–H groups in total. The molecule has 0 spiro atoms. The van der Waals surface area contributed by atoms with E-state index in [-0.39, 0.29) is 17.2 Å². The molecule has 31 heavy (non-hydrogen) atoms. The van der Waals surface area contributed by atoms with Gasteiger partial charge in [-0.2, -0.15) is 0 Å². The lowest BCUT2D eigenvalue weighted by Gasteiger charge is -2.26. The van der Waals surface area contributed by atoms with Gasteiger partial charge in [0.25, 0.3) is 5.91 Å². The molecule has 1 fully saturated rings. The van der Waals surface area contributed by atoms with E-state index in [1.807, 2.05) is 24.3 Å². The number of fused-ring (bicyclic) bond motifs is 1. The van der Waals surface area contributed by atoms with Gasteiger partial charge in [-0.15, -0.1) is 0 Å². The Bertz CT molecular complexity index is 1120. The third kappa shape index (κ3) is 4.95. The molecule has 4 rings (SSSR count). The Morgan fingerprint density at radius 2 is 1.87 bits per heavy atom. The average Bonchev–Trinajstić information content (AvgIpc) is 2.74. The highest BCUT2D eigenvalue weighted by atomic mass is 16.3. The lowest BCUT2D eigenvalue weighted by molar-refractivity contribution is 0.0917. The number of aliphatic hydroxyl groups is 1. The summed E-state index contributed by atoms with van der Waals surface area (Å²) in [7, 11) is 0. The van der Waals surface area contributed by atoms with Gasteiger partial charge in [0.1, 0.15) is 5.75 Å². The molecule has 1 aromatic heterocycles. The first-order chi connectivity index (χ1) is 15.0. The topological polar surface area (TPSA) is 114 Å². The van der Waals surface area contributed by atoms with Gasteiger partial charge in [0.05, 0.1) is 11.6 Å². The third-order valence-corrected chi connectivity index (χ3v) is 5.85. The minimum atomic E-state index is -0.786. The summed E-state index contributed by atoms with van der Waals surface area (Å²) in [6.07, 6.45) is 3.31. The Kier molecular flexibility index (Phi) is 6.34. The number of benzene rings is 2. The van der Waals surface area contributed by atoms with E-state index >= 15 is 0 Å². The fourth-order valence-electron chi connectivity index (χ4n) is 3.78. The molecule has 162 valence electrons. The first-order valence-electron chi connectivity index (χ1n) is 10.6. The summed E-state index contributed by atoms with van der Waals surface area (Å²) in [6, 6.07) is 14.1. The molecule has 0 bridgehead atoms. The normalized spacial score (nSPS) is 14.9. The number of aromatic nitrogens is 1. The fraction of sp³-hybridized carbons (Fsp3) is 0.333. The van der Waals surface area contributed by atoms with Crippen molar-refractivity contribution in [3.8, 4) is 5.75 Å². The van der Waals surface area contributed by atoms with E-state index < -0.39 is 6.10 Å². The van der Waals surface area contributed by atoms with Crippen LogP contribution < -0.4 is 16.2 Å². The standard InChI is InChI=1S/C24H27N3O4/c28-20-10-8-18(19-9-11-22(30)27-23(19)20)21(29)14-25-13-12-15-4-6-16(7-5-15)24(31)26-17-2-1-3-17/h4-11,17,21,25,28-29H,1-3,12-14H2,(H,26,31)(H,27,30)/t21-/m0/s1. The Morgan fingerprint density at radius 3 is 2.58 bits per heavy atom. The molecular formula is C24H27N3O4. The number of aromatic amines is 1. The molecule has 0 radical (unpaired) electrons. The van der Waals surface area contributed by atoms with Crippen molar-refractivity contribution in [1.82, 2.24) is 15.6 Å². The molecule has 0 saturated heterocycles. The highest BCUT2D eigenvalue weighted by Gasteiger charge is 2.20. The smallest absolute Gasteiger partial charge is 0.251 e. The maximum Gasteiger partial charge on any atom is 0.251 e. The SMILES string of the molecule is O=C(NC1CCC1)c1ccc(CCNC[C@H](O)c2ccc(O)c3[nH]c(=O)ccc23)cc1. The van der Waals surface area contributed by atoms with Crippen LogP contribution in [0.2, 0.25) is 0 Å². The number of hydrogen-bond acceptors (Lipinski definition) is 5. The second kappa shape index (κ2) is 9.32. The maximum atomic E-state index is 12.2. The quantitative estimate of drug-likeness (QED) is 0.358. The number of rotatable bonds is 8. The van der Waals surface area contributed by atoms with Gasteiger partial charge in [0, 0.05) is 29.6 Å². The summed E-state index contributed by atoms with van der Waals surface area (Å²) in [5.41, 5.74) is 2.44. The van der Waals surface area contributed by atoms with Gasteiger partial charge in [0.2, 0.25) is 5.56 Å². The van der Waals surface area contributed by atoms with Crippen molar-refractivity contribution in [2.75, 3.05) is 13.1 Å².